The molecule has 0 amide bonds. The van der Waals surface area contributed by atoms with Gasteiger partial charge in [0.25, 0.3) is 0 Å². The lowest BCUT2D eigenvalue weighted by atomic mass is 10.1. The molecule has 0 heterocycles. The molecule has 0 aromatic carbocycles. The number of ether oxygens (including phenoxy) is 2. The van der Waals surface area contributed by atoms with Crippen molar-refractivity contribution in [1.82, 2.24) is 0 Å². The number of phosphoric acid groups is 1. The number of hydrogen-bond acceptors (Lipinski definition) is 6. The highest BCUT2D eigenvalue weighted by Crippen LogP contribution is 2.36. The molecule has 298 valence electrons. The predicted octanol–water partition coefficient (Wildman–Crippen LogP) is 12.3. The molecule has 0 spiro atoms. The summed E-state index contributed by atoms with van der Waals surface area (Å²) in [5, 5.41) is 0. The number of carbonyl (C=O) groups excluding carboxylic acids is 2. The van der Waals surface area contributed by atoms with Crippen LogP contribution in [-0.4, -0.2) is 41.0 Å². The van der Waals surface area contributed by atoms with E-state index in [9.17, 15) is 14.2 Å². The van der Waals surface area contributed by atoms with E-state index in [0.29, 0.717) is 12.8 Å². The average molecular weight is 749 g/mol. The number of rotatable bonds is 36. The highest BCUT2D eigenvalue weighted by Gasteiger charge is 2.22. The first-order valence-electron chi connectivity index (χ1n) is 20.2. The zero-order valence-corrected chi connectivity index (χ0v) is 33.6. The lowest BCUT2D eigenvalue weighted by molar-refractivity contribution is -0.161. The van der Waals surface area contributed by atoms with Gasteiger partial charge in [0.15, 0.2) is 6.10 Å². The van der Waals surface area contributed by atoms with Gasteiger partial charge in [0.2, 0.25) is 0 Å². The highest BCUT2D eigenvalue weighted by atomic mass is 31.2. The summed E-state index contributed by atoms with van der Waals surface area (Å²) >= 11 is 0. The lowest BCUT2D eigenvalue weighted by Gasteiger charge is -2.18. The molecular formula is C43H73O8P. The zero-order chi connectivity index (χ0) is 38.2. The van der Waals surface area contributed by atoms with Gasteiger partial charge in [0.1, 0.15) is 6.61 Å². The molecule has 0 aliphatic rings. The fraction of sp³-hybridized carbons (Fsp3) is 0.674. The Bertz CT molecular complexity index is 1070. The highest BCUT2D eigenvalue weighted by molar-refractivity contribution is 7.46. The Hall–Kier alpha value is -2.51. The van der Waals surface area contributed by atoms with Gasteiger partial charge in [0.05, 0.1) is 6.61 Å². The Kier molecular flexibility index (Phi) is 36.4. The minimum Gasteiger partial charge on any atom is -0.462 e. The minimum absolute atomic E-state index is 0.169. The van der Waals surface area contributed by atoms with Crippen molar-refractivity contribution in [1.29, 1.82) is 0 Å². The van der Waals surface area contributed by atoms with Crippen LogP contribution in [0.2, 0.25) is 0 Å². The van der Waals surface area contributed by atoms with Crippen LogP contribution in [0.15, 0.2) is 72.9 Å². The zero-order valence-electron chi connectivity index (χ0n) is 32.7. The normalized spacial score (nSPS) is 13.2. The molecule has 0 fully saturated rings. The van der Waals surface area contributed by atoms with Crippen LogP contribution in [0, 0.1) is 0 Å². The summed E-state index contributed by atoms with van der Waals surface area (Å²) < 4.78 is 26.3. The topological polar surface area (TPSA) is 119 Å². The molecule has 0 aliphatic carbocycles. The molecule has 0 bridgehead atoms. The molecule has 0 unspecified atom stereocenters. The van der Waals surface area contributed by atoms with Gasteiger partial charge in [-0.2, -0.15) is 0 Å². The van der Waals surface area contributed by atoms with Gasteiger partial charge in [-0.05, 0) is 77.0 Å². The summed E-state index contributed by atoms with van der Waals surface area (Å²) in [6.45, 7) is 3.50. The molecule has 8 nitrogen and oxygen atoms in total. The standard InChI is InChI=1S/C43H73O8P/c1-3-5-7-9-11-13-15-17-19-20-21-22-24-26-28-30-32-34-36-38-43(45)51-41(40-50-52(46,47)48)39-49-42(44)37-35-33-31-29-27-25-23-18-16-14-12-10-8-6-4-2/h5,7,10-13,17,19,21-22,26,28,41H,3-4,6,8-9,14-16,18,20,23-25,27,29-40H2,1-2H3,(H2,46,47,48)/b7-5+,12-10+,13-11+,19-17+,22-21+,28-26+/t41-/m1/s1. The molecule has 0 aromatic heterocycles. The van der Waals surface area contributed by atoms with Gasteiger partial charge in [-0.15, -0.1) is 0 Å². The molecule has 52 heavy (non-hydrogen) atoms. The molecule has 0 radical (unpaired) electrons. The SMILES string of the molecule is CC/C=C/C/C=C/C/C=C/C/C=C/C/C=C/CCCCCC(=O)O[C@H](COC(=O)CCCCCCCCCCC/C=C/CCCC)COP(=O)(O)O. The van der Waals surface area contributed by atoms with Crippen LogP contribution in [0.25, 0.3) is 0 Å². The second-order valence-corrected chi connectivity index (χ2v) is 14.5. The quantitative estimate of drug-likeness (QED) is 0.0281. The van der Waals surface area contributed by atoms with Gasteiger partial charge < -0.3 is 19.3 Å². The van der Waals surface area contributed by atoms with E-state index in [4.69, 9.17) is 19.3 Å². The predicted molar refractivity (Wildman–Crippen MR) is 216 cm³/mol. The first kappa shape index (κ1) is 49.5. The van der Waals surface area contributed by atoms with E-state index >= 15 is 0 Å². The van der Waals surface area contributed by atoms with Crippen molar-refractivity contribution >= 4 is 19.8 Å². The Balaban J connectivity index is 4.02. The Labute approximate surface area is 317 Å². The second kappa shape index (κ2) is 38.2. The molecule has 9 heteroatoms. The molecule has 0 saturated heterocycles. The van der Waals surface area contributed by atoms with E-state index in [-0.39, 0.29) is 19.4 Å². The summed E-state index contributed by atoms with van der Waals surface area (Å²) in [7, 11) is -4.77. The molecule has 2 N–H and O–H groups in total. The van der Waals surface area contributed by atoms with Crippen molar-refractivity contribution in [2.75, 3.05) is 13.2 Å². The van der Waals surface area contributed by atoms with Crippen LogP contribution in [0.4, 0.5) is 0 Å². The summed E-state index contributed by atoms with van der Waals surface area (Å²) in [5.74, 6) is -0.930. The van der Waals surface area contributed by atoms with Gasteiger partial charge in [0, 0.05) is 12.8 Å². The molecule has 0 saturated carbocycles. The van der Waals surface area contributed by atoms with Crippen molar-refractivity contribution in [2.45, 2.75) is 174 Å². The molecule has 0 aromatic rings. The van der Waals surface area contributed by atoms with Crippen molar-refractivity contribution in [3.05, 3.63) is 72.9 Å². The maximum absolute atomic E-state index is 12.4. The number of esters is 2. The Morgan fingerprint density at radius 3 is 1.42 bits per heavy atom. The van der Waals surface area contributed by atoms with Crippen LogP contribution in [-0.2, 0) is 28.2 Å². The summed E-state index contributed by atoms with van der Waals surface area (Å²) in [6.07, 6.45) is 49.0. The van der Waals surface area contributed by atoms with Crippen LogP contribution >= 0.6 is 7.82 Å². The van der Waals surface area contributed by atoms with E-state index in [1.807, 2.05) is 0 Å². The van der Waals surface area contributed by atoms with Crippen LogP contribution < -0.4 is 0 Å². The molecule has 1 atom stereocenters. The smallest absolute Gasteiger partial charge is 0.462 e. The van der Waals surface area contributed by atoms with Crippen molar-refractivity contribution in [2.24, 2.45) is 0 Å². The fourth-order valence-corrected chi connectivity index (χ4v) is 5.56. The third kappa shape index (κ3) is 40.3. The Morgan fingerprint density at radius 1 is 0.519 bits per heavy atom. The van der Waals surface area contributed by atoms with Gasteiger partial charge in [-0.25, -0.2) is 4.57 Å². The van der Waals surface area contributed by atoms with Gasteiger partial charge in [-0.1, -0.05) is 151 Å². The van der Waals surface area contributed by atoms with E-state index in [1.54, 1.807) is 0 Å². The van der Waals surface area contributed by atoms with E-state index < -0.39 is 32.5 Å². The molecule has 0 rings (SSSR count). The summed E-state index contributed by atoms with van der Waals surface area (Å²) in [6, 6.07) is 0. The monoisotopic (exact) mass is 749 g/mol. The maximum atomic E-state index is 12.4. The first-order chi connectivity index (χ1) is 25.3. The first-order valence-corrected chi connectivity index (χ1v) is 21.8. The van der Waals surface area contributed by atoms with E-state index in [2.05, 4.69) is 91.3 Å². The maximum Gasteiger partial charge on any atom is 0.469 e. The van der Waals surface area contributed by atoms with E-state index in [1.165, 1.54) is 57.8 Å². The lowest BCUT2D eigenvalue weighted by Crippen LogP contribution is -2.29. The summed E-state index contributed by atoms with van der Waals surface area (Å²) in [4.78, 5) is 42.8. The van der Waals surface area contributed by atoms with Gasteiger partial charge >= 0.3 is 19.8 Å². The number of phosphoric ester groups is 1. The number of hydrogen-bond donors (Lipinski definition) is 2. The molecule has 0 aliphatic heterocycles. The van der Waals surface area contributed by atoms with Crippen molar-refractivity contribution in [3.8, 4) is 0 Å². The van der Waals surface area contributed by atoms with Crippen LogP contribution in [0.5, 0.6) is 0 Å². The van der Waals surface area contributed by atoms with Crippen molar-refractivity contribution < 1.29 is 37.9 Å². The van der Waals surface area contributed by atoms with Crippen LogP contribution in [0.3, 0.4) is 0 Å². The number of unbranched alkanes of at least 4 members (excludes halogenated alkanes) is 14. The summed E-state index contributed by atoms with van der Waals surface area (Å²) in [5.41, 5.74) is 0. The van der Waals surface area contributed by atoms with Crippen LogP contribution in [0.1, 0.15) is 168 Å². The average Bonchev–Trinajstić information content (AvgIpc) is 3.11. The van der Waals surface area contributed by atoms with Crippen molar-refractivity contribution in [3.63, 3.8) is 0 Å². The Morgan fingerprint density at radius 2 is 0.923 bits per heavy atom. The largest absolute Gasteiger partial charge is 0.469 e. The molecular weight excluding hydrogens is 675 g/mol. The number of carbonyl (C=O) groups is 2. The second-order valence-electron chi connectivity index (χ2n) is 13.2. The fourth-order valence-electron chi connectivity index (χ4n) is 5.20. The number of allylic oxidation sites excluding steroid dienone is 12. The third-order valence-corrected chi connectivity index (χ3v) is 8.69. The minimum atomic E-state index is -4.77. The third-order valence-electron chi connectivity index (χ3n) is 8.21. The van der Waals surface area contributed by atoms with E-state index in [0.717, 1.165) is 70.6 Å². The van der Waals surface area contributed by atoms with Gasteiger partial charge in [-0.3, -0.25) is 14.1 Å².